The lowest BCUT2D eigenvalue weighted by molar-refractivity contribution is -0.0375. The second-order valence-corrected chi connectivity index (χ2v) is 11.2. The summed E-state index contributed by atoms with van der Waals surface area (Å²) in [5.41, 5.74) is 2.15. The molecule has 3 aromatic rings. The van der Waals surface area contributed by atoms with Crippen LogP contribution in [-0.4, -0.2) is 23.1 Å². The normalized spacial score (nSPS) is 18.3. The molecular formula is C34H38O4. The highest BCUT2D eigenvalue weighted by Gasteiger charge is 2.38. The summed E-state index contributed by atoms with van der Waals surface area (Å²) in [4.78, 5) is 26.8. The summed E-state index contributed by atoms with van der Waals surface area (Å²) in [6.07, 6.45) is 11.4. The fourth-order valence-corrected chi connectivity index (χ4v) is 6.24. The van der Waals surface area contributed by atoms with Crippen molar-refractivity contribution in [3.8, 4) is 0 Å². The third-order valence-corrected chi connectivity index (χ3v) is 8.22. The fourth-order valence-electron chi connectivity index (χ4n) is 6.24. The molecule has 4 heteroatoms. The van der Waals surface area contributed by atoms with Crippen molar-refractivity contribution < 1.29 is 19.1 Å². The zero-order valence-corrected chi connectivity index (χ0v) is 22.2. The van der Waals surface area contributed by atoms with Gasteiger partial charge in [0.25, 0.3) is 0 Å². The van der Waals surface area contributed by atoms with E-state index in [-0.39, 0.29) is 11.9 Å². The van der Waals surface area contributed by atoms with E-state index in [0.29, 0.717) is 24.0 Å². The quantitative estimate of drug-likeness (QED) is 0.289. The number of carbonyl (C=O) groups is 2. The van der Waals surface area contributed by atoms with Crippen LogP contribution in [0.1, 0.15) is 96.1 Å². The molecular weight excluding hydrogens is 472 g/mol. The lowest BCUT2D eigenvalue weighted by Gasteiger charge is -2.37. The molecule has 2 fully saturated rings. The molecule has 38 heavy (non-hydrogen) atoms. The smallest absolute Gasteiger partial charge is 0.338 e. The molecule has 2 aliphatic rings. The van der Waals surface area contributed by atoms with Crippen LogP contribution in [0.15, 0.2) is 84.9 Å². The Bertz CT molecular complexity index is 1110. The molecule has 0 unspecified atom stereocenters. The minimum absolute atomic E-state index is 0.367. The van der Waals surface area contributed by atoms with Gasteiger partial charge in [-0.2, -0.15) is 0 Å². The van der Waals surface area contributed by atoms with E-state index in [0.717, 1.165) is 51.4 Å². The monoisotopic (exact) mass is 510 g/mol. The van der Waals surface area contributed by atoms with Crippen molar-refractivity contribution in [2.75, 3.05) is 0 Å². The summed E-state index contributed by atoms with van der Waals surface area (Å²) in [6, 6.07) is 27.4. The summed E-state index contributed by atoms with van der Waals surface area (Å²) < 4.78 is 12.5. The zero-order chi connectivity index (χ0) is 26.3. The summed E-state index contributed by atoms with van der Waals surface area (Å²) in [5, 5.41) is 0. The molecule has 0 aromatic heterocycles. The van der Waals surface area contributed by atoms with Crippen LogP contribution in [0.5, 0.6) is 0 Å². The first-order chi connectivity index (χ1) is 18.5. The van der Waals surface area contributed by atoms with Gasteiger partial charge in [-0.05, 0) is 80.7 Å². The van der Waals surface area contributed by atoms with E-state index >= 15 is 0 Å². The number of ether oxygens (including phenoxy) is 2. The van der Waals surface area contributed by atoms with E-state index in [1.54, 1.807) is 24.3 Å². The molecule has 198 valence electrons. The Hall–Kier alpha value is -3.40. The molecule has 2 aliphatic carbocycles. The third kappa shape index (κ3) is 6.53. The third-order valence-electron chi connectivity index (χ3n) is 8.22. The predicted octanol–water partition coefficient (Wildman–Crippen LogP) is 7.89. The maximum absolute atomic E-state index is 13.4. The molecule has 5 rings (SSSR count). The van der Waals surface area contributed by atoms with Crippen LogP contribution < -0.4 is 0 Å². The van der Waals surface area contributed by atoms with E-state index in [1.165, 1.54) is 24.0 Å². The summed E-state index contributed by atoms with van der Waals surface area (Å²) in [7, 11) is 0. The molecule has 0 atom stereocenters. The van der Waals surface area contributed by atoms with E-state index < -0.39 is 11.2 Å². The molecule has 3 aromatic carbocycles. The lowest BCUT2D eigenvalue weighted by Crippen LogP contribution is -2.40. The number of rotatable bonds is 8. The highest BCUT2D eigenvalue weighted by Crippen LogP contribution is 2.37. The van der Waals surface area contributed by atoms with Gasteiger partial charge >= 0.3 is 11.9 Å². The Morgan fingerprint density at radius 2 is 0.921 bits per heavy atom. The highest BCUT2D eigenvalue weighted by atomic mass is 16.6. The highest BCUT2D eigenvalue weighted by molar-refractivity contribution is 5.95. The number of esters is 2. The van der Waals surface area contributed by atoms with Crippen molar-refractivity contribution in [3.63, 3.8) is 0 Å². The Morgan fingerprint density at radius 3 is 1.32 bits per heavy atom. The molecule has 0 radical (unpaired) electrons. The number of carbonyl (C=O) groups excluding carboxylic acids is 2. The van der Waals surface area contributed by atoms with Crippen LogP contribution in [0.25, 0.3) is 0 Å². The van der Waals surface area contributed by atoms with Gasteiger partial charge in [-0.25, -0.2) is 9.59 Å². The van der Waals surface area contributed by atoms with Gasteiger partial charge in [0, 0.05) is 12.8 Å². The Morgan fingerprint density at radius 1 is 0.526 bits per heavy atom. The van der Waals surface area contributed by atoms with Crippen LogP contribution in [0.3, 0.4) is 0 Å². The Kier molecular flexibility index (Phi) is 8.26. The van der Waals surface area contributed by atoms with Gasteiger partial charge in [-0.15, -0.1) is 0 Å². The van der Waals surface area contributed by atoms with Gasteiger partial charge in [-0.1, -0.05) is 79.6 Å². The largest absolute Gasteiger partial charge is 0.455 e. The van der Waals surface area contributed by atoms with Crippen LogP contribution in [0.4, 0.5) is 0 Å². The predicted molar refractivity (Wildman–Crippen MR) is 149 cm³/mol. The van der Waals surface area contributed by atoms with Crippen LogP contribution in [0.2, 0.25) is 0 Å². The van der Waals surface area contributed by atoms with Crippen molar-refractivity contribution >= 4 is 11.9 Å². The maximum Gasteiger partial charge on any atom is 0.338 e. The molecule has 0 bridgehead atoms. The second-order valence-electron chi connectivity index (χ2n) is 11.2. The molecule has 2 saturated carbocycles. The standard InChI is InChI=1S/C34H38O4/c35-31(37-33(20-9-3-10-21-33)25-27-14-5-1-6-15-27)29-18-13-19-30(24-29)32(36)38-34(22-11-4-12-23-34)26-28-16-7-2-8-17-28/h1-2,5-8,13-19,24H,3-4,9-12,20-23,25-26H2. The lowest BCUT2D eigenvalue weighted by atomic mass is 9.80. The maximum atomic E-state index is 13.4. The fraction of sp³-hybridized carbons (Fsp3) is 0.412. The van der Waals surface area contributed by atoms with Gasteiger partial charge < -0.3 is 9.47 Å². The van der Waals surface area contributed by atoms with Crippen molar-refractivity contribution in [1.82, 2.24) is 0 Å². The topological polar surface area (TPSA) is 52.6 Å². The van der Waals surface area contributed by atoms with Crippen LogP contribution in [0, 0.1) is 0 Å². The molecule has 0 N–H and O–H groups in total. The molecule has 4 nitrogen and oxygen atoms in total. The van der Waals surface area contributed by atoms with Crippen LogP contribution in [-0.2, 0) is 22.3 Å². The molecule has 0 spiro atoms. The molecule has 0 saturated heterocycles. The summed E-state index contributed by atoms with van der Waals surface area (Å²) in [5.74, 6) is -0.733. The minimum atomic E-state index is -0.505. The minimum Gasteiger partial charge on any atom is -0.455 e. The second kappa shape index (κ2) is 12.0. The molecule has 0 heterocycles. The van der Waals surface area contributed by atoms with E-state index in [4.69, 9.17) is 9.47 Å². The number of hydrogen-bond donors (Lipinski definition) is 0. The van der Waals surface area contributed by atoms with Crippen molar-refractivity contribution in [2.45, 2.75) is 88.3 Å². The SMILES string of the molecule is O=C(OC1(Cc2ccccc2)CCCCC1)c1cccc(C(=O)OC2(Cc3ccccc3)CCCCC2)c1. The first-order valence-corrected chi connectivity index (χ1v) is 14.2. The Balaban J connectivity index is 1.31. The first-order valence-electron chi connectivity index (χ1n) is 14.2. The van der Waals surface area contributed by atoms with Gasteiger partial charge in [0.1, 0.15) is 11.2 Å². The number of benzene rings is 3. The van der Waals surface area contributed by atoms with Gasteiger partial charge in [0.15, 0.2) is 0 Å². The summed E-state index contributed by atoms with van der Waals surface area (Å²) in [6.45, 7) is 0. The van der Waals surface area contributed by atoms with E-state index in [9.17, 15) is 9.59 Å². The Labute approximate surface area is 226 Å². The first kappa shape index (κ1) is 26.2. The van der Waals surface area contributed by atoms with E-state index in [1.807, 2.05) is 36.4 Å². The van der Waals surface area contributed by atoms with Crippen molar-refractivity contribution in [2.24, 2.45) is 0 Å². The average Bonchev–Trinajstić information content (AvgIpc) is 2.95. The van der Waals surface area contributed by atoms with Gasteiger partial charge in [0.05, 0.1) is 11.1 Å². The molecule has 0 aliphatic heterocycles. The average molecular weight is 511 g/mol. The van der Waals surface area contributed by atoms with Gasteiger partial charge in [-0.3, -0.25) is 0 Å². The number of hydrogen-bond acceptors (Lipinski definition) is 4. The van der Waals surface area contributed by atoms with Gasteiger partial charge in [0.2, 0.25) is 0 Å². The molecule has 0 amide bonds. The summed E-state index contributed by atoms with van der Waals surface area (Å²) >= 11 is 0. The van der Waals surface area contributed by atoms with E-state index in [2.05, 4.69) is 24.3 Å². The van der Waals surface area contributed by atoms with Crippen molar-refractivity contribution in [3.05, 3.63) is 107 Å². The van der Waals surface area contributed by atoms with Crippen LogP contribution >= 0.6 is 0 Å². The van der Waals surface area contributed by atoms with Crippen molar-refractivity contribution in [1.29, 1.82) is 0 Å². The zero-order valence-electron chi connectivity index (χ0n) is 22.2.